The van der Waals surface area contributed by atoms with Gasteiger partial charge in [-0.05, 0) is 32.0 Å². The molecule has 0 fully saturated rings. The number of hydrogen-bond acceptors (Lipinski definition) is 4. The molecule has 2 aromatic heterocycles. The molecule has 0 saturated carbocycles. The molecule has 0 amide bonds. The summed E-state index contributed by atoms with van der Waals surface area (Å²) < 4.78 is 2.00. The molecule has 1 atom stereocenters. The molecule has 0 aliphatic rings. The zero-order valence-corrected chi connectivity index (χ0v) is 11.8. The Labute approximate surface area is 117 Å². The van der Waals surface area contributed by atoms with Crippen molar-refractivity contribution in [3.05, 3.63) is 42.1 Å². The van der Waals surface area contributed by atoms with Gasteiger partial charge in [-0.15, -0.1) is 0 Å². The number of imidazole rings is 1. The van der Waals surface area contributed by atoms with Gasteiger partial charge in [-0.2, -0.15) is 0 Å². The van der Waals surface area contributed by atoms with Gasteiger partial charge in [0.15, 0.2) is 0 Å². The van der Waals surface area contributed by atoms with Gasteiger partial charge < -0.3 is 10.3 Å². The summed E-state index contributed by atoms with van der Waals surface area (Å²) in [6.07, 6.45) is 1.81. The SMILES string of the molecule is Cc1cc(-c2ccc3c(c2)ncn3C)nc(C(C)N)n1. The minimum atomic E-state index is -0.174. The fourth-order valence-corrected chi connectivity index (χ4v) is 2.24. The molecule has 0 bridgehead atoms. The average molecular weight is 267 g/mol. The van der Waals surface area contributed by atoms with Gasteiger partial charge in [0.2, 0.25) is 0 Å². The van der Waals surface area contributed by atoms with Crippen molar-refractivity contribution in [1.29, 1.82) is 0 Å². The highest BCUT2D eigenvalue weighted by Crippen LogP contribution is 2.23. The van der Waals surface area contributed by atoms with E-state index < -0.39 is 0 Å². The van der Waals surface area contributed by atoms with Gasteiger partial charge >= 0.3 is 0 Å². The third-order valence-corrected chi connectivity index (χ3v) is 3.30. The second kappa shape index (κ2) is 4.68. The van der Waals surface area contributed by atoms with Gasteiger partial charge in [0.1, 0.15) is 5.82 Å². The lowest BCUT2D eigenvalue weighted by molar-refractivity contribution is 0.735. The normalized spacial score (nSPS) is 12.8. The highest BCUT2D eigenvalue weighted by molar-refractivity contribution is 5.81. The second-order valence-corrected chi connectivity index (χ2v) is 5.10. The molecule has 5 nitrogen and oxygen atoms in total. The van der Waals surface area contributed by atoms with Crippen molar-refractivity contribution in [2.45, 2.75) is 19.9 Å². The van der Waals surface area contributed by atoms with Crippen molar-refractivity contribution in [2.75, 3.05) is 0 Å². The summed E-state index contributed by atoms with van der Waals surface area (Å²) >= 11 is 0. The van der Waals surface area contributed by atoms with Crippen LogP contribution in [0.15, 0.2) is 30.6 Å². The van der Waals surface area contributed by atoms with Crippen LogP contribution in [0.5, 0.6) is 0 Å². The molecule has 1 aromatic carbocycles. The lowest BCUT2D eigenvalue weighted by atomic mass is 10.1. The Bertz CT molecular complexity index is 773. The molecular weight excluding hydrogens is 250 g/mol. The molecule has 20 heavy (non-hydrogen) atoms. The van der Waals surface area contributed by atoms with Gasteiger partial charge in [0, 0.05) is 18.3 Å². The van der Waals surface area contributed by atoms with E-state index >= 15 is 0 Å². The number of benzene rings is 1. The molecule has 3 rings (SSSR count). The Hall–Kier alpha value is -2.27. The maximum atomic E-state index is 5.88. The first-order valence-corrected chi connectivity index (χ1v) is 6.57. The van der Waals surface area contributed by atoms with Crippen LogP contribution >= 0.6 is 0 Å². The monoisotopic (exact) mass is 267 g/mol. The Morgan fingerprint density at radius 3 is 2.75 bits per heavy atom. The lowest BCUT2D eigenvalue weighted by Crippen LogP contribution is -2.11. The quantitative estimate of drug-likeness (QED) is 0.773. The maximum Gasteiger partial charge on any atom is 0.145 e. The first kappa shape index (κ1) is 12.7. The number of fused-ring (bicyclic) bond motifs is 1. The summed E-state index contributed by atoms with van der Waals surface area (Å²) in [5.41, 5.74) is 10.8. The van der Waals surface area contributed by atoms with E-state index in [1.165, 1.54) is 0 Å². The van der Waals surface area contributed by atoms with Crippen molar-refractivity contribution in [3.63, 3.8) is 0 Å². The van der Waals surface area contributed by atoms with Crippen molar-refractivity contribution in [3.8, 4) is 11.3 Å². The molecule has 3 aromatic rings. The van der Waals surface area contributed by atoms with E-state index in [9.17, 15) is 0 Å². The molecule has 0 aliphatic heterocycles. The zero-order valence-electron chi connectivity index (χ0n) is 11.8. The van der Waals surface area contributed by atoms with Crippen LogP contribution in [0.2, 0.25) is 0 Å². The van der Waals surface area contributed by atoms with Crippen molar-refractivity contribution >= 4 is 11.0 Å². The molecule has 2 heterocycles. The number of hydrogen-bond donors (Lipinski definition) is 1. The van der Waals surface area contributed by atoms with Gasteiger partial charge in [0.05, 0.1) is 29.1 Å². The topological polar surface area (TPSA) is 69.6 Å². The number of rotatable bonds is 2. The average Bonchev–Trinajstić information content (AvgIpc) is 2.79. The van der Waals surface area contributed by atoms with E-state index in [2.05, 4.69) is 27.1 Å². The molecule has 0 saturated heterocycles. The molecule has 2 N–H and O–H groups in total. The number of aryl methyl sites for hydroxylation is 2. The van der Waals surface area contributed by atoms with Gasteiger partial charge in [-0.1, -0.05) is 6.07 Å². The Balaban J connectivity index is 2.14. The van der Waals surface area contributed by atoms with E-state index in [0.717, 1.165) is 28.0 Å². The molecule has 0 aliphatic carbocycles. The number of aromatic nitrogens is 4. The zero-order chi connectivity index (χ0) is 14.3. The van der Waals surface area contributed by atoms with Crippen LogP contribution < -0.4 is 5.73 Å². The van der Waals surface area contributed by atoms with Crippen molar-refractivity contribution < 1.29 is 0 Å². The summed E-state index contributed by atoms with van der Waals surface area (Å²) in [5, 5.41) is 0. The third kappa shape index (κ3) is 2.16. The number of nitrogens with zero attached hydrogens (tertiary/aromatic N) is 4. The molecule has 0 radical (unpaired) electrons. The van der Waals surface area contributed by atoms with Crippen LogP contribution in [0.1, 0.15) is 24.5 Å². The Kier molecular flexibility index (Phi) is 2.99. The van der Waals surface area contributed by atoms with E-state index in [1.807, 2.05) is 43.9 Å². The fourth-order valence-electron chi connectivity index (χ4n) is 2.24. The Morgan fingerprint density at radius 1 is 1.20 bits per heavy atom. The largest absolute Gasteiger partial charge is 0.334 e. The van der Waals surface area contributed by atoms with Crippen LogP contribution in [0.3, 0.4) is 0 Å². The molecule has 5 heteroatoms. The molecule has 1 unspecified atom stereocenters. The maximum absolute atomic E-state index is 5.88. The predicted molar refractivity (Wildman–Crippen MR) is 79.1 cm³/mol. The summed E-state index contributed by atoms with van der Waals surface area (Å²) in [6.45, 7) is 3.84. The van der Waals surface area contributed by atoms with Crippen LogP contribution in [0, 0.1) is 6.92 Å². The number of nitrogens with two attached hydrogens (primary N) is 1. The van der Waals surface area contributed by atoms with Crippen molar-refractivity contribution in [1.82, 2.24) is 19.5 Å². The van der Waals surface area contributed by atoms with E-state index in [1.54, 1.807) is 0 Å². The van der Waals surface area contributed by atoms with Crippen LogP contribution in [-0.2, 0) is 7.05 Å². The molecular formula is C15H17N5. The van der Waals surface area contributed by atoms with Crippen LogP contribution in [0.4, 0.5) is 0 Å². The van der Waals surface area contributed by atoms with Gasteiger partial charge in [0.25, 0.3) is 0 Å². The predicted octanol–water partition coefficient (Wildman–Crippen LogP) is 2.36. The smallest absolute Gasteiger partial charge is 0.145 e. The second-order valence-electron chi connectivity index (χ2n) is 5.10. The summed E-state index contributed by atoms with van der Waals surface area (Å²) in [7, 11) is 1.98. The summed E-state index contributed by atoms with van der Waals surface area (Å²) in [6, 6.07) is 7.95. The Morgan fingerprint density at radius 2 is 2.00 bits per heavy atom. The van der Waals surface area contributed by atoms with Crippen molar-refractivity contribution in [2.24, 2.45) is 12.8 Å². The molecule has 102 valence electrons. The minimum Gasteiger partial charge on any atom is -0.334 e. The van der Waals surface area contributed by atoms with Gasteiger partial charge in [-0.3, -0.25) is 0 Å². The van der Waals surface area contributed by atoms with E-state index in [-0.39, 0.29) is 6.04 Å². The lowest BCUT2D eigenvalue weighted by Gasteiger charge is -2.08. The fraction of sp³-hybridized carbons (Fsp3) is 0.267. The highest BCUT2D eigenvalue weighted by atomic mass is 15.0. The minimum absolute atomic E-state index is 0.174. The van der Waals surface area contributed by atoms with Crippen LogP contribution in [0.25, 0.3) is 22.3 Å². The van der Waals surface area contributed by atoms with E-state index in [4.69, 9.17) is 5.73 Å². The first-order valence-electron chi connectivity index (χ1n) is 6.57. The van der Waals surface area contributed by atoms with E-state index in [0.29, 0.717) is 5.82 Å². The summed E-state index contributed by atoms with van der Waals surface area (Å²) in [5.74, 6) is 0.668. The third-order valence-electron chi connectivity index (χ3n) is 3.30. The van der Waals surface area contributed by atoms with Crippen LogP contribution in [-0.4, -0.2) is 19.5 Å². The molecule has 0 spiro atoms. The first-order chi connectivity index (χ1) is 9.54. The highest BCUT2D eigenvalue weighted by Gasteiger charge is 2.09. The summed E-state index contributed by atoms with van der Waals surface area (Å²) in [4.78, 5) is 13.3. The van der Waals surface area contributed by atoms with Gasteiger partial charge in [-0.25, -0.2) is 15.0 Å². The standard InChI is InChI=1S/C15H17N5/c1-9-6-12(19-15(18-9)10(2)16)11-4-5-14-13(7-11)17-8-20(14)3/h4-8,10H,16H2,1-3H3.